The number of amidine groups is 1. The van der Waals surface area contributed by atoms with Gasteiger partial charge in [0.05, 0.1) is 14.2 Å². The van der Waals surface area contributed by atoms with Crippen molar-refractivity contribution in [3.8, 4) is 11.5 Å². The Morgan fingerprint density at radius 3 is 2.74 bits per heavy atom. The van der Waals surface area contributed by atoms with Crippen LogP contribution in [0.3, 0.4) is 0 Å². The topological polar surface area (TPSA) is 42.8 Å². The number of aliphatic imine (C=N–C) groups is 1. The maximum Gasteiger partial charge on any atom is 0.160 e. The van der Waals surface area contributed by atoms with Gasteiger partial charge in [-0.3, -0.25) is 4.99 Å². The van der Waals surface area contributed by atoms with E-state index in [1.54, 1.807) is 26.0 Å². The molecule has 1 aromatic carbocycles. The molecule has 2 rings (SSSR count). The maximum atomic E-state index is 5.29. The smallest absolute Gasteiger partial charge is 0.160 e. The SMILES string of the molecule is COc1ccc(CCN=C2NC(C)CS2)cc1OC. The van der Waals surface area contributed by atoms with Crippen molar-refractivity contribution in [2.45, 2.75) is 19.4 Å². The highest BCUT2D eigenvalue weighted by atomic mass is 32.2. The molecule has 0 saturated carbocycles. The average Bonchev–Trinajstić information content (AvgIpc) is 2.84. The fraction of sp³-hybridized carbons (Fsp3) is 0.500. The maximum absolute atomic E-state index is 5.29. The van der Waals surface area contributed by atoms with Crippen molar-refractivity contribution in [3.05, 3.63) is 23.8 Å². The average molecular weight is 280 g/mol. The van der Waals surface area contributed by atoms with Gasteiger partial charge < -0.3 is 14.8 Å². The first kappa shape index (κ1) is 14.1. The van der Waals surface area contributed by atoms with E-state index in [0.29, 0.717) is 6.04 Å². The molecule has 4 nitrogen and oxygen atoms in total. The third-order valence-electron chi connectivity index (χ3n) is 2.94. The Balaban J connectivity index is 1.92. The Bertz CT molecular complexity index is 463. The van der Waals surface area contributed by atoms with E-state index < -0.39 is 0 Å². The summed E-state index contributed by atoms with van der Waals surface area (Å²) in [7, 11) is 3.30. The van der Waals surface area contributed by atoms with Crippen molar-refractivity contribution in [1.29, 1.82) is 0 Å². The molecular weight excluding hydrogens is 260 g/mol. The summed E-state index contributed by atoms with van der Waals surface area (Å²) in [6.45, 7) is 2.96. The van der Waals surface area contributed by atoms with Crippen molar-refractivity contribution in [1.82, 2.24) is 5.32 Å². The zero-order valence-electron chi connectivity index (χ0n) is 11.6. The number of thioether (sulfide) groups is 1. The molecule has 0 spiro atoms. The molecule has 5 heteroatoms. The molecule has 1 heterocycles. The van der Waals surface area contributed by atoms with Crippen molar-refractivity contribution in [2.75, 3.05) is 26.5 Å². The molecule has 0 radical (unpaired) electrons. The molecule has 1 fully saturated rings. The lowest BCUT2D eigenvalue weighted by molar-refractivity contribution is 0.354. The molecule has 1 saturated heterocycles. The largest absolute Gasteiger partial charge is 0.493 e. The minimum absolute atomic E-state index is 0.532. The van der Waals surface area contributed by atoms with E-state index in [9.17, 15) is 0 Å². The summed E-state index contributed by atoms with van der Waals surface area (Å²) in [5.41, 5.74) is 1.21. The van der Waals surface area contributed by atoms with Gasteiger partial charge in [0.1, 0.15) is 0 Å². The van der Waals surface area contributed by atoms with Crippen LogP contribution >= 0.6 is 11.8 Å². The van der Waals surface area contributed by atoms with Crippen LogP contribution in [0.1, 0.15) is 12.5 Å². The lowest BCUT2D eigenvalue weighted by atomic mass is 10.1. The molecule has 1 atom stereocenters. The van der Waals surface area contributed by atoms with Gasteiger partial charge in [-0.2, -0.15) is 0 Å². The summed E-state index contributed by atoms with van der Waals surface area (Å²) in [4.78, 5) is 4.56. The zero-order valence-corrected chi connectivity index (χ0v) is 12.4. The normalized spacial score (nSPS) is 20.4. The van der Waals surface area contributed by atoms with Gasteiger partial charge in [0.15, 0.2) is 16.7 Å². The van der Waals surface area contributed by atoms with Gasteiger partial charge in [-0.25, -0.2) is 0 Å². The molecule has 1 aliphatic heterocycles. The first-order valence-corrected chi connectivity index (χ1v) is 7.36. The molecule has 1 aromatic rings. The highest BCUT2D eigenvalue weighted by Crippen LogP contribution is 2.27. The first-order chi connectivity index (χ1) is 9.22. The highest BCUT2D eigenvalue weighted by molar-refractivity contribution is 8.14. The van der Waals surface area contributed by atoms with Crippen LogP contribution in [0.4, 0.5) is 0 Å². The van der Waals surface area contributed by atoms with E-state index in [-0.39, 0.29) is 0 Å². The fourth-order valence-corrected chi connectivity index (χ4v) is 2.87. The van der Waals surface area contributed by atoms with Crippen molar-refractivity contribution < 1.29 is 9.47 Å². The fourth-order valence-electron chi connectivity index (χ4n) is 1.91. The van der Waals surface area contributed by atoms with Gasteiger partial charge in [-0.1, -0.05) is 17.8 Å². The molecular formula is C14H20N2O2S. The third kappa shape index (κ3) is 3.80. The van der Waals surface area contributed by atoms with Gasteiger partial charge in [0.2, 0.25) is 0 Å². The van der Waals surface area contributed by atoms with E-state index >= 15 is 0 Å². The van der Waals surface area contributed by atoms with E-state index in [1.165, 1.54) is 5.56 Å². The van der Waals surface area contributed by atoms with Gasteiger partial charge >= 0.3 is 0 Å². The zero-order chi connectivity index (χ0) is 13.7. The summed E-state index contributed by atoms with van der Waals surface area (Å²) in [6.07, 6.45) is 0.903. The number of methoxy groups -OCH3 is 2. The minimum atomic E-state index is 0.532. The molecule has 0 amide bonds. The standard InChI is InChI=1S/C14H20N2O2S/c1-10-9-19-14(16-10)15-7-6-11-4-5-12(17-2)13(8-11)18-3/h4-5,8,10H,6-7,9H2,1-3H3,(H,15,16). The van der Waals surface area contributed by atoms with Gasteiger partial charge in [-0.05, 0) is 31.0 Å². The summed E-state index contributed by atoms with van der Waals surface area (Å²) >= 11 is 1.79. The van der Waals surface area contributed by atoms with Crippen molar-refractivity contribution >= 4 is 16.9 Å². The van der Waals surface area contributed by atoms with E-state index in [0.717, 1.165) is 35.4 Å². The Labute approximate surface area is 118 Å². The van der Waals surface area contributed by atoms with Crippen LogP contribution in [0.2, 0.25) is 0 Å². The predicted octanol–water partition coefficient (Wildman–Crippen LogP) is 2.33. The van der Waals surface area contributed by atoms with Gasteiger partial charge in [-0.15, -0.1) is 0 Å². The molecule has 0 aromatic heterocycles. The van der Waals surface area contributed by atoms with Crippen LogP contribution in [0, 0.1) is 0 Å². The summed E-state index contributed by atoms with van der Waals surface area (Å²) in [6, 6.07) is 6.53. The Kier molecular flexibility index (Phi) is 4.96. The minimum Gasteiger partial charge on any atom is -0.493 e. The third-order valence-corrected chi connectivity index (χ3v) is 4.13. The highest BCUT2D eigenvalue weighted by Gasteiger charge is 2.14. The molecule has 19 heavy (non-hydrogen) atoms. The summed E-state index contributed by atoms with van der Waals surface area (Å²) in [5, 5.41) is 4.41. The van der Waals surface area contributed by atoms with Crippen LogP contribution < -0.4 is 14.8 Å². The van der Waals surface area contributed by atoms with Crippen LogP contribution in [0.15, 0.2) is 23.2 Å². The number of hydrogen-bond donors (Lipinski definition) is 1. The molecule has 1 aliphatic rings. The molecule has 0 bridgehead atoms. The number of benzene rings is 1. The monoisotopic (exact) mass is 280 g/mol. The van der Waals surface area contributed by atoms with Crippen molar-refractivity contribution in [2.24, 2.45) is 4.99 Å². The second-order valence-electron chi connectivity index (χ2n) is 4.48. The molecule has 1 unspecified atom stereocenters. The molecule has 0 aliphatic carbocycles. The quantitative estimate of drug-likeness (QED) is 0.899. The second kappa shape index (κ2) is 6.70. The van der Waals surface area contributed by atoms with Crippen LogP contribution in [0.5, 0.6) is 11.5 Å². The van der Waals surface area contributed by atoms with E-state index in [2.05, 4.69) is 23.3 Å². The van der Waals surface area contributed by atoms with E-state index in [4.69, 9.17) is 9.47 Å². The second-order valence-corrected chi connectivity index (χ2v) is 5.49. The summed E-state index contributed by atoms with van der Waals surface area (Å²) in [5.74, 6) is 2.64. The van der Waals surface area contributed by atoms with Crippen LogP contribution in [0.25, 0.3) is 0 Å². The Morgan fingerprint density at radius 1 is 1.32 bits per heavy atom. The van der Waals surface area contributed by atoms with Gasteiger partial charge in [0, 0.05) is 18.3 Å². The predicted molar refractivity (Wildman–Crippen MR) is 80.6 cm³/mol. The Hall–Kier alpha value is -1.36. The number of nitrogens with one attached hydrogen (secondary N) is 1. The van der Waals surface area contributed by atoms with Gasteiger partial charge in [0.25, 0.3) is 0 Å². The van der Waals surface area contributed by atoms with Crippen LogP contribution in [-0.2, 0) is 6.42 Å². The molecule has 104 valence electrons. The number of hydrogen-bond acceptors (Lipinski definition) is 4. The Morgan fingerprint density at radius 2 is 2.11 bits per heavy atom. The lowest BCUT2D eigenvalue weighted by Gasteiger charge is -2.09. The lowest BCUT2D eigenvalue weighted by Crippen LogP contribution is -2.23. The van der Waals surface area contributed by atoms with E-state index in [1.807, 2.05) is 12.1 Å². The van der Waals surface area contributed by atoms with Crippen molar-refractivity contribution in [3.63, 3.8) is 0 Å². The number of ether oxygens (including phenoxy) is 2. The summed E-state index contributed by atoms with van der Waals surface area (Å²) < 4.78 is 10.5. The first-order valence-electron chi connectivity index (χ1n) is 6.37. The number of nitrogens with zero attached hydrogens (tertiary/aromatic N) is 1. The molecule has 1 N–H and O–H groups in total. The number of rotatable bonds is 5. The van der Waals surface area contributed by atoms with Crippen LogP contribution in [-0.4, -0.2) is 37.7 Å².